The zero-order valence-corrected chi connectivity index (χ0v) is 15.2. The summed E-state index contributed by atoms with van der Waals surface area (Å²) in [4.78, 5) is 23.4. The van der Waals surface area contributed by atoms with Crippen LogP contribution in [-0.4, -0.2) is 42.7 Å². The van der Waals surface area contributed by atoms with E-state index in [1.54, 1.807) is 7.11 Å². The molecule has 1 aliphatic rings. The fraction of sp³-hybridized carbons (Fsp3) is 0.722. The number of methoxy groups -OCH3 is 1. The minimum atomic E-state index is -0.101. The zero-order chi connectivity index (χ0) is 17.4. The summed E-state index contributed by atoms with van der Waals surface area (Å²) < 4.78 is 4.93. The summed E-state index contributed by atoms with van der Waals surface area (Å²) in [6.45, 7) is 6.45. The number of carbonyl (C=O) groups is 1. The maximum Gasteiger partial charge on any atom is 0.225 e. The molecule has 2 heterocycles. The van der Waals surface area contributed by atoms with Crippen LogP contribution in [0.3, 0.4) is 0 Å². The molecule has 0 bridgehead atoms. The van der Waals surface area contributed by atoms with Crippen molar-refractivity contribution in [3.8, 4) is 0 Å². The smallest absolute Gasteiger partial charge is 0.225 e. The Labute approximate surface area is 145 Å². The lowest BCUT2D eigenvalue weighted by molar-refractivity contribution is -0.122. The number of ether oxygens (including phenoxy) is 1. The molecule has 6 nitrogen and oxygen atoms in total. The van der Waals surface area contributed by atoms with Gasteiger partial charge in [0.05, 0.1) is 12.6 Å². The van der Waals surface area contributed by atoms with Crippen LogP contribution >= 0.6 is 0 Å². The predicted molar refractivity (Wildman–Crippen MR) is 95.1 cm³/mol. The molecule has 2 rings (SSSR count). The lowest BCUT2D eigenvalue weighted by Crippen LogP contribution is -2.30. The van der Waals surface area contributed by atoms with Gasteiger partial charge in [-0.2, -0.15) is 0 Å². The second-order valence-electron chi connectivity index (χ2n) is 6.50. The number of aryl methyl sites for hydroxylation is 1. The maximum absolute atomic E-state index is 11.8. The predicted octanol–water partition coefficient (Wildman–Crippen LogP) is 2.77. The van der Waals surface area contributed by atoms with E-state index < -0.39 is 0 Å². The highest BCUT2D eigenvalue weighted by Crippen LogP contribution is 2.20. The van der Waals surface area contributed by atoms with Gasteiger partial charge in [-0.3, -0.25) is 4.79 Å². The molecule has 134 valence electrons. The van der Waals surface area contributed by atoms with Crippen molar-refractivity contribution >= 4 is 11.9 Å². The number of rotatable bonds is 6. The van der Waals surface area contributed by atoms with Crippen molar-refractivity contribution < 1.29 is 9.53 Å². The van der Waals surface area contributed by atoms with Crippen molar-refractivity contribution in [1.82, 2.24) is 15.3 Å². The maximum atomic E-state index is 11.8. The van der Waals surface area contributed by atoms with E-state index in [0.29, 0.717) is 13.0 Å². The summed E-state index contributed by atoms with van der Waals surface area (Å²) >= 11 is 0. The Kier molecular flexibility index (Phi) is 7.43. The molecule has 1 N–H and O–H groups in total. The van der Waals surface area contributed by atoms with E-state index >= 15 is 0 Å². The second-order valence-corrected chi connectivity index (χ2v) is 6.50. The number of hydrogen-bond donors (Lipinski definition) is 1. The number of anilines is 1. The minimum absolute atomic E-state index is 0.0170. The van der Waals surface area contributed by atoms with E-state index in [0.717, 1.165) is 30.3 Å². The standard InChI is InChI=1S/C18H30N4O2/c1-14(20-17(23)9-12-24-3)16-13-19-18(21-15(16)2)22-10-7-5-4-6-8-11-22/h13-14H,4-12H2,1-3H3,(H,20,23). The second kappa shape index (κ2) is 9.57. The van der Waals surface area contributed by atoms with Gasteiger partial charge in [-0.05, 0) is 26.7 Å². The van der Waals surface area contributed by atoms with Gasteiger partial charge in [0.15, 0.2) is 0 Å². The highest BCUT2D eigenvalue weighted by molar-refractivity contribution is 5.76. The van der Waals surface area contributed by atoms with Gasteiger partial charge in [-0.15, -0.1) is 0 Å². The summed E-state index contributed by atoms with van der Waals surface area (Å²) in [6.07, 6.45) is 8.56. The Bertz CT molecular complexity index is 528. The van der Waals surface area contributed by atoms with Gasteiger partial charge >= 0.3 is 0 Å². The van der Waals surface area contributed by atoms with Gasteiger partial charge in [0.25, 0.3) is 0 Å². The largest absolute Gasteiger partial charge is 0.384 e. The first kappa shape index (κ1) is 18.6. The molecular formula is C18H30N4O2. The molecule has 0 saturated carbocycles. The molecule has 1 unspecified atom stereocenters. The number of amides is 1. The van der Waals surface area contributed by atoms with Crippen LogP contribution in [0.4, 0.5) is 5.95 Å². The average molecular weight is 334 g/mol. The van der Waals surface area contributed by atoms with Crippen LogP contribution in [-0.2, 0) is 9.53 Å². The third-order valence-corrected chi connectivity index (χ3v) is 4.52. The topological polar surface area (TPSA) is 67.3 Å². The van der Waals surface area contributed by atoms with Crippen molar-refractivity contribution in [2.45, 2.75) is 58.4 Å². The van der Waals surface area contributed by atoms with Crippen molar-refractivity contribution in [2.75, 3.05) is 31.7 Å². The quantitative estimate of drug-likeness (QED) is 0.866. The van der Waals surface area contributed by atoms with Crippen LogP contribution in [0.5, 0.6) is 0 Å². The fourth-order valence-corrected chi connectivity index (χ4v) is 3.08. The summed E-state index contributed by atoms with van der Waals surface area (Å²) in [7, 11) is 1.60. The van der Waals surface area contributed by atoms with Gasteiger partial charge < -0.3 is 15.0 Å². The molecule has 1 saturated heterocycles. The Morgan fingerprint density at radius 2 is 1.96 bits per heavy atom. The SMILES string of the molecule is COCCC(=O)NC(C)c1cnc(N2CCCCCCC2)nc1C. The number of nitrogens with one attached hydrogen (secondary N) is 1. The molecule has 1 amide bonds. The molecule has 1 fully saturated rings. The Morgan fingerprint density at radius 1 is 1.29 bits per heavy atom. The summed E-state index contributed by atoms with van der Waals surface area (Å²) in [5.41, 5.74) is 1.90. The summed E-state index contributed by atoms with van der Waals surface area (Å²) in [5.74, 6) is 0.799. The van der Waals surface area contributed by atoms with E-state index in [4.69, 9.17) is 9.72 Å². The van der Waals surface area contributed by atoms with Crippen molar-refractivity contribution in [1.29, 1.82) is 0 Å². The zero-order valence-electron chi connectivity index (χ0n) is 15.2. The summed E-state index contributed by atoms with van der Waals surface area (Å²) in [6, 6.07) is -0.101. The van der Waals surface area contributed by atoms with Gasteiger partial charge in [-0.25, -0.2) is 9.97 Å². The van der Waals surface area contributed by atoms with E-state index in [-0.39, 0.29) is 11.9 Å². The molecule has 24 heavy (non-hydrogen) atoms. The van der Waals surface area contributed by atoms with E-state index in [2.05, 4.69) is 15.2 Å². The third kappa shape index (κ3) is 5.44. The monoisotopic (exact) mass is 334 g/mol. The lowest BCUT2D eigenvalue weighted by Gasteiger charge is -2.25. The van der Waals surface area contributed by atoms with Crippen molar-refractivity contribution in [2.24, 2.45) is 0 Å². The first-order chi connectivity index (χ1) is 11.6. The van der Waals surface area contributed by atoms with Gasteiger partial charge in [-0.1, -0.05) is 19.3 Å². The molecule has 1 aliphatic heterocycles. The number of carbonyl (C=O) groups excluding carboxylic acids is 1. The first-order valence-electron chi connectivity index (χ1n) is 8.98. The van der Waals surface area contributed by atoms with Gasteiger partial charge in [0, 0.05) is 44.1 Å². The number of hydrogen-bond acceptors (Lipinski definition) is 5. The van der Waals surface area contributed by atoms with Crippen LogP contribution in [0.2, 0.25) is 0 Å². The number of nitrogens with zero attached hydrogens (tertiary/aromatic N) is 3. The molecule has 0 aromatic carbocycles. The Hall–Kier alpha value is -1.69. The first-order valence-corrected chi connectivity index (χ1v) is 8.98. The van der Waals surface area contributed by atoms with E-state index in [9.17, 15) is 4.79 Å². The third-order valence-electron chi connectivity index (χ3n) is 4.52. The molecular weight excluding hydrogens is 304 g/mol. The molecule has 1 aromatic heterocycles. The van der Waals surface area contributed by atoms with Gasteiger partial charge in [0.1, 0.15) is 0 Å². The molecule has 6 heteroatoms. The van der Waals surface area contributed by atoms with E-state index in [1.165, 1.54) is 32.1 Å². The van der Waals surface area contributed by atoms with E-state index in [1.807, 2.05) is 20.0 Å². The van der Waals surface area contributed by atoms with Crippen LogP contribution in [0.25, 0.3) is 0 Å². The highest BCUT2D eigenvalue weighted by Gasteiger charge is 2.16. The molecule has 0 spiro atoms. The van der Waals surface area contributed by atoms with Crippen LogP contribution < -0.4 is 10.2 Å². The van der Waals surface area contributed by atoms with Crippen LogP contribution in [0.1, 0.15) is 62.7 Å². The van der Waals surface area contributed by atoms with Crippen LogP contribution in [0.15, 0.2) is 6.20 Å². The average Bonchev–Trinajstić information content (AvgIpc) is 2.52. The van der Waals surface area contributed by atoms with Crippen molar-refractivity contribution in [3.05, 3.63) is 17.5 Å². The molecule has 1 atom stereocenters. The lowest BCUT2D eigenvalue weighted by atomic mass is 10.1. The van der Waals surface area contributed by atoms with Crippen LogP contribution in [0, 0.1) is 6.92 Å². The van der Waals surface area contributed by atoms with Crippen molar-refractivity contribution in [3.63, 3.8) is 0 Å². The highest BCUT2D eigenvalue weighted by atomic mass is 16.5. The summed E-state index contributed by atoms with van der Waals surface area (Å²) in [5, 5.41) is 2.98. The molecule has 0 aliphatic carbocycles. The Morgan fingerprint density at radius 3 is 2.58 bits per heavy atom. The minimum Gasteiger partial charge on any atom is -0.384 e. The molecule has 1 aromatic rings. The molecule has 0 radical (unpaired) electrons. The fourth-order valence-electron chi connectivity index (χ4n) is 3.08. The normalized spacial score (nSPS) is 17.0. The van der Waals surface area contributed by atoms with Gasteiger partial charge in [0.2, 0.25) is 11.9 Å². The number of aromatic nitrogens is 2. The Balaban J connectivity index is 2.01.